The minimum atomic E-state index is -4.60. The predicted octanol–water partition coefficient (Wildman–Crippen LogP) is 8.57. The molecule has 0 saturated heterocycles. The zero-order valence-electron chi connectivity index (χ0n) is 45.1. The van der Waals surface area contributed by atoms with Crippen LogP contribution in [0.25, 0.3) is 0 Å². The van der Waals surface area contributed by atoms with E-state index in [4.69, 9.17) is 67.8 Å². The van der Waals surface area contributed by atoms with Gasteiger partial charge in [0, 0.05) is 22.7 Å². The maximum Gasteiger partial charge on any atom is 0.416 e. The molecular formula is C52H44F12N14O8S4. The average Bonchev–Trinajstić information content (AvgIpc) is 1.12. The minimum absolute atomic E-state index is 0.0492. The average molecular weight is 1350 g/mol. The van der Waals surface area contributed by atoms with E-state index >= 15 is 0 Å². The predicted molar refractivity (Wildman–Crippen MR) is 314 cm³/mol. The Kier molecular flexibility index (Phi) is 24.4. The fourth-order valence-corrected chi connectivity index (χ4v) is 7.44. The van der Waals surface area contributed by atoms with Crippen molar-refractivity contribution in [1.82, 2.24) is 53.4 Å². The molecule has 0 aliphatic rings. The second kappa shape index (κ2) is 31.6. The van der Waals surface area contributed by atoms with Crippen LogP contribution in [-0.2, 0) is 34.2 Å². The molecule has 12 N–H and O–H groups in total. The molecule has 2 aromatic heterocycles. The largest absolute Gasteiger partial charge is 0.489 e. The van der Waals surface area contributed by atoms with E-state index in [2.05, 4.69) is 74.6 Å². The summed E-state index contributed by atoms with van der Waals surface area (Å²) >= 11 is 20.5. The van der Waals surface area contributed by atoms with Gasteiger partial charge in [0.05, 0.1) is 48.7 Å². The Morgan fingerprint density at radius 1 is 0.322 bits per heavy atom. The molecule has 22 nitrogen and oxygen atoms in total. The topological polar surface area (TPSA) is 275 Å². The van der Waals surface area contributed by atoms with Crippen LogP contribution < -0.4 is 74.1 Å². The number of amides is 4. The molecule has 0 fully saturated rings. The molecule has 0 radical (unpaired) electrons. The highest BCUT2D eigenvalue weighted by Gasteiger charge is 2.33. The molecule has 478 valence electrons. The van der Waals surface area contributed by atoms with Gasteiger partial charge in [0.15, 0.2) is 43.3 Å². The molecule has 6 aromatic rings. The zero-order valence-corrected chi connectivity index (χ0v) is 48.4. The molecule has 0 saturated carbocycles. The van der Waals surface area contributed by atoms with Gasteiger partial charge in [-0.2, -0.15) is 52.7 Å². The number of anilines is 4. The van der Waals surface area contributed by atoms with Gasteiger partial charge < -0.3 is 40.2 Å². The van der Waals surface area contributed by atoms with E-state index < -0.39 is 93.4 Å². The molecule has 6 rings (SSSR count). The van der Waals surface area contributed by atoms with Gasteiger partial charge in [-0.05, 0) is 170 Å². The molecule has 0 unspecified atom stereocenters. The van der Waals surface area contributed by atoms with E-state index in [1.807, 2.05) is 0 Å². The van der Waals surface area contributed by atoms with Crippen molar-refractivity contribution in [2.24, 2.45) is 0 Å². The number of benzene rings is 4. The first kappa shape index (κ1) is 69.6. The van der Waals surface area contributed by atoms with E-state index in [1.54, 1.807) is 0 Å². The van der Waals surface area contributed by atoms with Crippen LogP contribution in [0.15, 0.2) is 121 Å². The molecular weight excluding hydrogens is 1300 g/mol. The van der Waals surface area contributed by atoms with Crippen LogP contribution in [0.2, 0.25) is 0 Å². The summed E-state index contributed by atoms with van der Waals surface area (Å²) in [6, 6.07) is 19.8. The Morgan fingerprint density at radius 2 is 0.556 bits per heavy atom. The number of hydrogen-bond acceptors (Lipinski definition) is 14. The van der Waals surface area contributed by atoms with Gasteiger partial charge in [-0.15, -0.1) is 0 Å². The number of alkyl halides is 12. The number of carbonyl (C=O) groups excluding carboxylic acids is 4. The summed E-state index contributed by atoms with van der Waals surface area (Å²) in [5.41, 5.74) is 13.3. The lowest BCUT2D eigenvalue weighted by molar-refractivity contribution is -0.138. The van der Waals surface area contributed by atoms with Gasteiger partial charge in [0.1, 0.15) is 24.6 Å². The molecule has 90 heavy (non-hydrogen) atoms. The van der Waals surface area contributed by atoms with Crippen LogP contribution in [0.4, 0.5) is 75.4 Å². The van der Waals surface area contributed by atoms with Gasteiger partial charge in [0.2, 0.25) is 0 Å². The van der Waals surface area contributed by atoms with Crippen LogP contribution in [0.5, 0.6) is 11.5 Å². The molecule has 0 aliphatic heterocycles. The molecule has 0 aliphatic carbocycles. The SMILES string of the molecule is O=C(NNC(=S)Nc1ccc(C(F)(F)F)cc1)c1ccc(OCCOCCOCCOc2ccc(C(=O)NNC(=S)Nc3ccc(C(F)(F)F)cc3)nc2C(=O)NNC(=S)Nc2ccc(C(F)(F)F)cc2)c(C(=O)NNC(=S)Nc2ccc(C(F)(F)F)cc2)n1. The first-order chi connectivity index (χ1) is 42.4. The van der Waals surface area contributed by atoms with E-state index in [0.717, 1.165) is 109 Å². The minimum Gasteiger partial charge on any atom is -0.489 e. The lowest BCUT2D eigenvalue weighted by atomic mass is 10.2. The van der Waals surface area contributed by atoms with Crippen LogP contribution >= 0.6 is 48.9 Å². The smallest absolute Gasteiger partial charge is 0.416 e. The van der Waals surface area contributed by atoms with Gasteiger partial charge in [-0.25, -0.2) is 9.97 Å². The number of nitrogens with zero attached hydrogens (tertiary/aromatic N) is 2. The molecule has 0 spiro atoms. The number of thiocarbonyl (C=S) groups is 4. The number of rotatable bonds is 19. The van der Waals surface area contributed by atoms with Gasteiger partial charge >= 0.3 is 24.7 Å². The maximum absolute atomic E-state index is 13.5. The highest BCUT2D eigenvalue weighted by atomic mass is 32.1. The second-order valence-corrected chi connectivity index (χ2v) is 19.1. The fourth-order valence-electron chi connectivity index (χ4n) is 6.77. The molecule has 38 heteroatoms. The summed E-state index contributed by atoms with van der Waals surface area (Å²) in [4.78, 5) is 61.4. The van der Waals surface area contributed by atoms with Crippen LogP contribution in [0.1, 0.15) is 64.2 Å². The van der Waals surface area contributed by atoms with Crippen molar-refractivity contribution in [1.29, 1.82) is 0 Å². The Balaban J connectivity index is 1.01. The van der Waals surface area contributed by atoms with E-state index in [-0.39, 0.29) is 94.3 Å². The third kappa shape index (κ3) is 22.3. The third-order valence-electron chi connectivity index (χ3n) is 11.0. The standard InChI is InChI=1S/C52H44F12N14O8S4/c53-49(54,55)27-1-9-31(10-2-27)65-45(87)75-71-41(79)35-17-19-37(39(69-35)43(81)73-77-47(89)67-33-13-5-29(6-14-33)51(59,60)61)85-25-23-83-21-22-84-24-26-86-38-20-18-36(42(80)72-76-46(88)66-32-11-3-28(4-12-32)50(56,57)58)70-40(38)44(82)74-78-48(90)68-34-15-7-30(8-16-34)52(62,63)64/h1-20H,21-26H2,(H,71,79)(H,72,80)(H,73,81)(H,74,82)(H2,65,75,87)(H2,66,76,88)(H2,67,77,89)(H2,68,78,90). The quantitative estimate of drug-likeness (QED) is 0.0157. The Morgan fingerprint density at radius 3 is 0.800 bits per heavy atom. The molecule has 2 heterocycles. The van der Waals surface area contributed by atoms with Crippen LogP contribution in [0.3, 0.4) is 0 Å². The summed E-state index contributed by atoms with van der Waals surface area (Å²) in [5, 5.41) is 9.22. The van der Waals surface area contributed by atoms with Crippen LogP contribution in [-0.4, -0.2) is 93.7 Å². The van der Waals surface area contributed by atoms with Crippen molar-refractivity contribution in [2.45, 2.75) is 24.7 Å². The molecule has 4 aromatic carbocycles. The van der Waals surface area contributed by atoms with Crippen molar-refractivity contribution in [3.63, 3.8) is 0 Å². The lowest BCUT2D eigenvalue weighted by Crippen LogP contribution is -2.45. The Hall–Kier alpha value is -9.50. The Bertz CT molecular complexity index is 3310. The maximum atomic E-state index is 13.5. The number of ether oxygens (including phenoxy) is 4. The summed E-state index contributed by atoms with van der Waals surface area (Å²) in [7, 11) is 0. The second-order valence-electron chi connectivity index (χ2n) is 17.4. The number of pyridine rings is 2. The number of carbonyl (C=O) groups is 4. The highest BCUT2D eigenvalue weighted by Crippen LogP contribution is 2.33. The van der Waals surface area contributed by atoms with E-state index in [9.17, 15) is 71.9 Å². The van der Waals surface area contributed by atoms with Gasteiger partial charge in [0.25, 0.3) is 23.6 Å². The number of aromatic nitrogens is 2. The molecule has 0 atom stereocenters. The number of hydrazine groups is 4. The number of nitrogens with one attached hydrogen (secondary N) is 12. The summed E-state index contributed by atoms with van der Waals surface area (Å²) in [6.45, 7) is -0.828. The summed E-state index contributed by atoms with van der Waals surface area (Å²) in [5.74, 6) is -4.40. The zero-order chi connectivity index (χ0) is 65.8. The summed E-state index contributed by atoms with van der Waals surface area (Å²) < 4.78 is 179. The summed E-state index contributed by atoms with van der Waals surface area (Å²) in [6.07, 6.45) is -18.4. The highest BCUT2D eigenvalue weighted by molar-refractivity contribution is 7.81. The fraction of sp³-hybridized carbons (Fsp3) is 0.192. The monoisotopic (exact) mass is 1350 g/mol. The van der Waals surface area contributed by atoms with Crippen molar-refractivity contribution in [3.8, 4) is 11.5 Å². The Labute approximate surface area is 521 Å². The number of halogens is 12. The van der Waals surface area contributed by atoms with Crippen molar-refractivity contribution < 1.29 is 90.8 Å². The van der Waals surface area contributed by atoms with Crippen molar-refractivity contribution in [2.75, 3.05) is 60.9 Å². The van der Waals surface area contributed by atoms with Crippen molar-refractivity contribution >= 4 is 116 Å². The lowest BCUT2D eigenvalue weighted by Gasteiger charge is -2.16. The first-order valence-corrected chi connectivity index (χ1v) is 26.7. The van der Waals surface area contributed by atoms with E-state index in [0.29, 0.717) is 0 Å². The molecule has 0 bridgehead atoms. The van der Waals surface area contributed by atoms with Crippen LogP contribution in [0, 0.1) is 0 Å². The van der Waals surface area contributed by atoms with Gasteiger partial charge in [-0.1, -0.05) is 0 Å². The number of hydrogen-bond donors (Lipinski definition) is 12. The first-order valence-electron chi connectivity index (χ1n) is 25.0. The third-order valence-corrected chi connectivity index (χ3v) is 11.8. The van der Waals surface area contributed by atoms with Crippen molar-refractivity contribution in [3.05, 3.63) is 166 Å². The van der Waals surface area contributed by atoms with E-state index in [1.165, 1.54) is 12.1 Å². The normalized spacial score (nSPS) is 11.4. The molecule has 4 amide bonds. The van der Waals surface area contributed by atoms with Gasteiger partial charge in [-0.3, -0.25) is 62.6 Å².